The summed E-state index contributed by atoms with van der Waals surface area (Å²) in [5, 5.41) is 0. The SMILES string of the molecule is CCCC(C)C(CC)N(C)CC. The van der Waals surface area contributed by atoms with Gasteiger partial charge < -0.3 is 4.90 Å². The second-order valence-electron chi connectivity index (χ2n) is 3.81. The van der Waals surface area contributed by atoms with Crippen LogP contribution in [0, 0.1) is 5.92 Å². The normalized spacial score (nSPS) is 16.5. The van der Waals surface area contributed by atoms with E-state index in [1.165, 1.54) is 25.8 Å². The van der Waals surface area contributed by atoms with Crippen LogP contribution in [0.25, 0.3) is 0 Å². The summed E-state index contributed by atoms with van der Waals surface area (Å²) in [5.41, 5.74) is 0. The Balaban J connectivity index is 3.94. The van der Waals surface area contributed by atoms with Gasteiger partial charge in [-0.25, -0.2) is 0 Å². The van der Waals surface area contributed by atoms with Crippen LogP contribution in [0.15, 0.2) is 0 Å². The molecule has 1 nitrogen and oxygen atoms in total. The number of hydrogen-bond acceptors (Lipinski definition) is 1. The van der Waals surface area contributed by atoms with Crippen molar-refractivity contribution in [1.82, 2.24) is 4.90 Å². The van der Waals surface area contributed by atoms with Gasteiger partial charge in [0.2, 0.25) is 0 Å². The van der Waals surface area contributed by atoms with Crippen LogP contribution >= 0.6 is 0 Å². The van der Waals surface area contributed by atoms with Gasteiger partial charge in [0.15, 0.2) is 0 Å². The molecule has 0 aromatic heterocycles. The van der Waals surface area contributed by atoms with Crippen LogP contribution in [0.2, 0.25) is 0 Å². The van der Waals surface area contributed by atoms with Crippen LogP contribution < -0.4 is 0 Å². The van der Waals surface area contributed by atoms with Crippen molar-refractivity contribution in [3.05, 3.63) is 0 Å². The molecule has 0 amide bonds. The standard InChI is InChI=1S/C11H25N/c1-6-9-10(4)11(7-2)12(5)8-3/h10-11H,6-9H2,1-5H3. The summed E-state index contributed by atoms with van der Waals surface area (Å²) in [6.07, 6.45) is 3.96. The predicted octanol–water partition coefficient (Wildman–Crippen LogP) is 3.15. The van der Waals surface area contributed by atoms with Gasteiger partial charge in [0.25, 0.3) is 0 Å². The molecule has 0 aliphatic heterocycles. The molecule has 0 heterocycles. The van der Waals surface area contributed by atoms with Gasteiger partial charge in [-0.05, 0) is 32.4 Å². The molecule has 12 heavy (non-hydrogen) atoms. The van der Waals surface area contributed by atoms with Gasteiger partial charge in [0.1, 0.15) is 0 Å². The third-order valence-electron chi connectivity index (χ3n) is 2.88. The van der Waals surface area contributed by atoms with E-state index in [1.807, 2.05) is 0 Å². The molecule has 2 atom stereocenters. The van der Waals surface area contributed by atoms with Gasteiger partial charge in [-0.2, -0.15) is 0 Å². The third kappa shape index (κ3) is 3.57. The molecular formula is C11H25N. The van der Waals surface area contributed by atoms with E-state index < -0.39 is 0 Å². The van der Waals surface area contributed by atoms with Crippen molar-refractivity contribution in [3.8, 4) is 0 Å². The Hall–Kier alpha value is -0.0400. The molecule has 1 heteroatoms. The van der Waals surface area contributed by atoms with Crippen LogP contribution in [-0.2, 0) is 0 Å². The molecule has 0 N–H and O–H groups in total. The fraction of sp³-hybridized carbons (Fsp3) is 1.00. The minimum atomic E-state index is 0.787. The van der Waals surface area contributed by atoms with Crippen LogP contribution in [0.3, 0.4) is 0 Å². The summed E-state index contributed by atoms with van der Waals surface area (Å²) in [7, 11) is 2.24. The summed E-state index contributed by atoms with van der Waals surface area (Å²) >= 11 is 0. The zero-order valence-corrected chi connectivity index (χ0v) is 9.43. The summed E-state index contributed by atoms with van der Waals surface area (Å²) in [4.78, 5) is 2.47. The molecule has 0 radical (unpaired) electrons. The summed E-state index contributed by atoms with van der Waals surface area (Å²) in [6, 6.07) is 0.787. The second kappa shape index (κ2) is 6.47. The van der Waals surface area contributed by atoms with Crippen molar-refractivity contribution < 1.29 is 0 Å². The van der Waals surface area contributed by atoms with Gasteiger partial charge in [0.05, 0.1) is 0 Å². The molecule has 74 valence electrons. The Morgan fingerprint density at radius 2 is 1.75 bits per heavy atom. The van der Waals surface area contributed by atoms with Gasteiger partial charge in [-0.1, -0.05) is 34.1 Å². The van der Waals surface area contributed by atoms with E-state index in [0.29, 0.717) is 0 Å². The maximum absolute atomic E-state index is 2.47. The van der Waals surface area contributed by atoms with Crippen molar-refractivity contribution in [2.24, 2.45) is 5.92 Å². The molecule has 0 aromatic carbocycles. The van der Waals surface area contributed by atoms with E-state index in [4.69, 9.17) is 0 Å². The Morgan fingerprint density at radius 1 is 1.17 bits per heavy atom. The van der Waals surface area contributed by atoms with Gasteiger partial charge >= 0.3 is 0 Å². The highest BCUT2D eigenvalue weighted by molar-refractivity contribution is 4.72. The lowest BCUT2D eigenvalue weighted by molar-refractivity contribution is 0.178. The molecule has 0 aliphatic rings. The van der Waals surface area contributed by atoms with Crippen LogP contribution in [0.5, 0.6) is 0 Å². The molecule has 0 saturated carbocycles. The first kappa shape index (κ1) is 12.0. The highest BCUT2D eigenvalue weighted by Gasteiger charge is 2.17. The zero-order valence-electron chi connectivity index (χ0n) is 9.43. The van der Waals surface area contributed by atoms with E-state index in [0.717, 1.165) is 12.0 Å². The van der Waals surface area contributed by atoms with Gasteiger partial charge in [-0.15, -0.1) is 0 Å². The van der Waals surface area contributed by atoms with Crippen molar-refractivity contribution in [2.75, 3.05) is 13.6 Å². The summed E-state index contributed by atoms with van der Waals surface area (Å²) in [6.45, 7) is 10.4. The van der Waals surface area contributed by atoms with Crippen LogP contribution in [-0.4, -0.2) is 24.5 Å². The van der Waals surface area contributed by atoms with Crippen molar-refractivity contribution in [3.63, 3.8) is 0 Å². The maximum atomic E-state index is 2.47. The van der Waals surface area contributed by atoms with E-state index in [9.17, 15) is 0 Å². The first-order valence-corrected chi connectivity index (χ1v) is 5.37. The fourth-order valence-corrected chi connectivity index (χ4v) is 2.03. The molecule has 0 rings (SSSR count). The van der Waals surface area contributed by atoms with Gasteiger partial charge in [0, 0.05) is 6.04 Å². The molecule has 0 fully saturated rings. The van der Waals surface area contributed by atoms with E-state index in [2.05, 4.69) is 39.6 Å². The average molecular weight is 171 g/mol. The zero-order chi connectivity index (χ0) is 9.56. The molecule has 0 aromatic rings. The van der Waals surface area contributed by atoms with Crippen LogP contribution in [0.1, 0.15) is 47.0 Å². The first-order valence-electron chi connectivity index (χ1n) is 5.37. The average Bonchev–Trinajstić information content (AvgIpc) is 2.06. The minimum Gasteiger partial charge on any atom is -0.303 e. The van der Waals surface area contributed by atoms with Crippen molar-refractivity contribution in [2.45, 2.75) is 53.0 Å². The Bertz CT molecular complexity index is 101. The number of nitrogens with zero attached hydrogens (tertiary/aromatic N) is 1. The highest BCUT2D eigenvalue weighted by atomic mass is 15.1. The maximum Gasteiger partial charge on any atom is 0.0115 e. The number of hydrogen-bond donors (Lipinski definition) is 0. The quantitative estimate of drug-likeness (QED) is 0.593. The van der Waals surface area contributed by atoms with E-state index >= 15 is 0 Å². The molecule has 2 unspecified atom stereocenters. The number of rotatable bonds is 6. The predicted molar refractivity (Wildman–Crippen MR) is 56.5 cm³/mol. The molecule has 0 saturated heterocycles. The fourth-order valence-electron chi connectivity index (χ4n) is 2.03. The third-order valence-corrected chi connectivity index (χ3v) is 2.88. The Kier molecular flexibility index (Phi) is 6.45. The second-order valence-corrected chi connectivity index (χ2v) is 3.81. The van der Waals surface area contributed by atoms with Crippen molar-refractivity contribution in [1.29, 1.82) is 0 Å². The largest absolute Gasteiger partial charge is 0.303 e. The summed E-state index contributed by atoms with van der Waals surface area (Å²) < 4.78 is 0. The van der Waals surface area contributed by atoms with E-state index in [-0.39, 0.29) is 0 Å². The summed E-state index contributed by atoms with van der Waals surface area (Å²) in [5.74, 6) is 0.852. The van der Waals surface area contributed by atoms with Crippen LogP contribution in [0.4, 0.5) is 0 Å². The highest BCUT2D eigenvalue weighted by Crippen LogP contribution is 2.17. The lowest BCUT2D eigenvalue weighted by atomic mass is 9.94. The molecule has 0 bridgehead atoms. The van der Waals surface area contributed by atoms with Gasteiger partial charge in [-0.3, -0.25) is 0 Å². The smallest absolute Gasteiger partial charge is 0.0115 e. The Labute approximate surface area is 78.1 Å². The lowest BCUT2D eigenvalue weighted by Gasteiger charge is -2.31. The lowest BCUT2D eigenvalue weighted by Crippen LogP contribution is -2.36. The molecular weight excluding hydrogens is 146 g/mol. The first-order chi connectivity index (χ1) is 5.67. The Morgan fingerprint density at radius 3 is 2.08 bits per heavy atom. The van der Waals surface area contributed by atoms with E-state index in [1.54, 1.807) is 0 Å². The molecule has 0 aliphatic carbocycles. The molecule has 0 spiro atoms. The topological polar surface area (TPSA) is 3.24 Å². The minimum absolute atomic E-state index is 0.787. The monoisotopic (exact) mass is 171 g/mol. The van der Waals surface area contributed by atoms with Crippen molar-refractivity contribution >= 4 is 0 Å².